The lowest BCUT2D eigenvalue weighted by Crippen LogP contribution is -2.54. The Bertz CT molecular complexity index is 426. The summed E-state index contributed by atoms with van der Waals surface area (Å²) >= 11 is 0. The van der Waals surface area contributed by atoms with Gasteiger partial charge in [-0.15, -0.1) is 0 Å². The van der Waals surface area contributed by atoms with Crippen LogP contribution in [0.1, 0.15) is 20.3 Å². The summed E-state index contributed by atoms with van der Waals surface area (Å²) in [6, 6.07) is 8.42. The fraction of sp³-hybridized carbons (Fsp3) is 0.600. The number of hydrogen-bond acceptors (Lipinski definition) is 3. The molecular formula is C15H22N2O. The molecule has 2 fully saturated rings. The lowest BCUT2D eigenvalue weighted by molar-refractivity contribution is 0.199. The number of benzene rings is 1. The Morgan fingerprint density at radius 1 is 1.28 bits per heavy atom. The van der Waals surface area contributed by atoms with Gasteiger partial charge in [0.1, 0.15) is 5.75 Å². The smallest absolute Gasteiger partial charge is 0.142 e. The maximum atomic E-state index is 5.92. The molecule has 0 unspecified atom stereocenters. The molecule has 2 aliphatic rings. The SMILES string of the molecule is CC(C)Oc1ccccc1N1CCC2(CNC2)C1. The second-order valence-corrected chi connectivity index (χ2v) is 5.91. The van der Waals surface area contributed by atoms with Gasteiger partial charge in [-0.25, -0.2) is 0 Å². The molecule has 2 heterocycles. The summed E-state index contributed by atoms with van der Waals surface area (Å²) in [7, 11) is 0. The Kier molecular flexibility index (Phi) is 2.94. The van der Waals surface area contributed by atoms with Crippen LogP contribution < -0.4 is 15.0 Å². The van der Waals surface area contributed by atoms with Gasteiger partial charge < -0.3 is 15.0 Å². The van der Waals surface area contributed by atoms with E-state index in [2.05, 4.69) is 48.3 Å². The molecule has 0 saturated carbocycles. The van der Waals surface area contributed by atoms with Crippen molar-refractivity contribution in [3.8, 4) is 5.75 Å². The lowest BCUT2D eigenvalue weighted by Gasteiger charge is -2.39. The molecule has 0 bridgehead atoms. The van der Waals surface area contributed by atoms with Gasteiger partial charge in [-0.05, 0) is 32.4 Å². The van der Waals surface area contributed by atoms with Gasteiger partial charge in [0.2, 0.25) is 0 Å². The highest BCUT2D eigenvalue weighted by molar-refractivity contribution is 5.59. The van der Waals surface area contributed by atoms with Crippen LogP contribution in [0.15, 0.2) is 24.3 Å². The van der Waals surface area contributed by atoms with Crippen molar-refractivity contribution in [3.63, 3.8) is 0 Å². The highest BCUT2D eigenvalue weighted by Gasteiger charge is 2.43. The van der Waals surface area contributed by atoms with Gasteiger partial charge in [0.05, 0.1) is 11.8 Å². The molecule has 18 heavy (non-hydrogen) atoms. The fourth-order valence-electron chi connectivity index (χ4n) is 2.98. The molecule has 0 amide bonds. The molecule has 1 aromatic rings. The van der Waals surface area contributed by atoms with Crippen LogP contribution in [0.3, 0.4) is 0 Å². The molecule has 0 radical (unpaired) electrons. The van der Waals surface area contributed by atoms with Crippen molar-refractivity contribution in [2.45, 2.75) is 26.4 Å². The van der Waals surface area contributed by atoms with Crippen LogP contribution in [0, 0.1) is 5.41 Å². The molecule has 2 aliphatic heterocycles. The van der Waals surface area contributed by atoms with Gasteiger partial charge in [0.25, 0.3) is 0 Å². The molecular weight excluding hydrogens is 224 g/mol. The average Bonchev–Trinajstić information content (AvgIpc) is 2.73. The highest BCUT2D eigenvalue weighted by Crippen LogP contribution is 2.39. The zero-order valence-corrected chi connectivity index (χ0v) is 11.3. The van der Waals surface area contributed by atoms with E-state index in [-0.39, 0.29) is 6.10 Å². The summed E-state index contributed by atoms with van der Waals surface area (Å²) in [5.41, 5.74) is 1.79. The highest BCUT2D eigenvalue weighted by atomic mass is 16.5. The van der Waals surface area contributed by atoms with Crippen molar-refractivity contribution >= 4 is 5.69 Å². The van der Waals surface area contributed by atoms with Gasteiger partial charge >= 0.3 is 0 Å². The molecule has 1 aromatic carbocycles. The number of nitrogens with one attached hydrogen (secondary N) is 1. The molecule has 0 aliphatic carbocycles. The minimum Gasteiger partial charge on any atom is -0.489 e. The molecule has 1 N–H and O–H groups in total. The maximum Gasteiger partial charge on any atom is 0.142 e. The van der Waals surface area contributed by atoms with Crippen molar-refractivity contribution in [1.29, 1.82) is 0 Å². The number of nitrogens with zero attached hydrogens (tertiary/aromatic N) is 1. The van der Waals surface area contributed by atoms with E-state index in [4.69, 9.17) is 4.74 Å². The minimum absolute atomic E-state index is 0.230. The summed E-state index contributed by atoms with van der Waals surface area (Å²) in [5.74, 6) is 1.02. The molecule has 1 spiro atoms. The summed E-state index contributed by atoms with van der Waals surface area (Å²) in [6.45, 7) is 8.84. The van der Waals surface area contributed by atoms with Crippen LogP contribution >= 0.6 is 0 Å². The van der Waals surface area contributed by atoms with Gasteiger partial charge in [-0.1, -0.05) is 12.1 Å². The summed E-state index contributed by atoms with van der Waals surface area (Å²) in [4.78, 5) is 2.48. The summed E-state index contributed by atoms with van der Waals surface area (Å²) < 4.78 is 5.92. The van der Waals surface area contributed by atoms with Crippen LogP contribution in [-0.4, -0.2) is 32.3 Å². The Labute approximate surface area is 109 Å². The maximum absolute atomic E-state index is 5.92. The third-order valence-corrected chi connectivity index (χ3v) is 4.01. The molecule has 0 atom stereocenters. The largest absolute Gasteiger partial charge is 0.489 e. The molecule has 98 valence electrons. The van der Waals surface area contributed by atoms with Crippen molar-refractivity contribution in [3.05, 3.63) is 24.3 Å². The molecule has 0 aromatic heterocycles. The van der Waals surface area contributed by atoms with Crippen LogP contribution in [0.4, 0.5) is 5.69 Å². The average molecular weight is 246 g/mol. The van der Waals surface area contributed by atoms with Crippen molar-refractivity contribution in [2.75, 3.05) is 31.1 Å². The number of hydrogen-bond donors (Lipinski definition) is 1. The van der Waals surface area contributed by atoms with Crippen molar-refractivity contribution < 1.29 is 4.74 Å². The second kappa shape index (κ2) is 4.47. The van der Waals surface area contributed by atoms with E-state index in [1.807, 2.05) is 0 Å². The molecule has 2 saturated heterocycles. The Hall–Kier alpha value is -1.22. The lowest BCUT2D eigenvalue weighted by atomic mass is 9.81. The summed E-state index contributed by atoms with van der Waals surface area (Å²) in [5, 5.41) is 3.40. The number of ether oxygens (including phenoxy) is 1. The molecule has 3 heteroatoms. The number of rotatable bonds is 3. The zero-order chi connectivity index (χ0) is 12.6. The van der Waals surface area contributed by atoms with E-state index in [0.29, 0.717) is 5.41 Å². The van der Waals surface area contributed by atoms with Crippen molar-refractivity contribution in [2.24, 2.45) is 5.41 Å². The third-order valence-electron chi connectivity index (χ3n) is 4.01. The van der Waals surface area contributed by atoms with E-state index in [1.54, 1.807) is 0 Å². The normalized spacial score (nSPS) is 21.4. The summed E-state index contributed by atoms with van der Waals surface area (Å²) in [6.07, 6.45) is 1.53. The molecule has 3 rings (SSSR count). The number of anilines is 1. The van der Waals surface area contributed by atoms with Gasteiger partial charge in [-0.3, -0.25) is 0 Å². The van der Waals surface area contributed by atoms with Crippen LogP contribution in [0.2, 0.25) is 0 Å². The predicted molar refractivity (Wildman–Crippen MR) is 74.3 cm³/mol. The first-order valence-electron chi connectivity index (χ1n) is 6.90. The van der Waals surface area contributed by atoms with Crippen molar-refractivity contribution in [1.82, 2.24) is 5.32 Å². The van der Waals surface area contributed by atoms with E-state index < -0.39 is 0 Å². The van der Waals surface area contributed by atoms with E-state index in [1.165, 1.54) is 31.7 Å². The van der Waals surface area contributed by atoms with E-state index in [0.717, 1.165) is 12.3 Å². The van der Waals surface area contributed by atoms with Crippen LogP contribution in [0.5, 0.6) is 5.75 Å². The standard InChI is InChI=1S/C15H22N2O/c1-12(2)18-14-6-4-3-5-13(14)17-8-7-15(11-17)9-16-10-15/h3-6,12,16H,7-11H2,1-2H3. The van der Waals surface area contributed by atoms with Gasteiger partial charge in [0.15, 0.2) is 0 Å². The van der Waals surface area contributed by atoms with E-state index >= 15 is 0 Å². The topological polar surface area (TPSA) is 24.5 Å². The quantitative estimate of drug-likeness (QED) is 0.885. The first kappa shape index (κ1) is 11.8. The Morgan fingerprint density at radius 3 is 2.67 bits per heavy atom. The van der Waals surface area contributed by atoms with Gasteiger partial charge in [0, 0.05) is 31.6 Å². The number of para-hydroxylation sites is 2. The first-order chi connectivity index (χ1) is 8.69. The fourth-order valence-corrected chi connectivity index (χ4v) is 2.98. The monoisotopic (exact) mass is 246 g/mol. The predicted octanol–water partition coefficient (Wildman–Crippen LogP) is 2.27. The Balaban J connectivity index is 1.79. The minimum atomic E-state index is 0.230. The van der Waals surface area contributed by atoms with E-state index in [9.17, 15) is 0 Å². The van der Waals surface area contributed by atoms with Crippen LogP contribution in [-0.2, 0) is 0 Å². The zero-order valence-electron chi connectivity index (χ0n) is 11.3. The third kappa shape index (κ3) is 2.07. The van der Waals surface area contributed by atoms with Gasteiger partial charge in [-0.2, -0.15) is 0 Å². The first-order valence-corrected chi connectivity index (χ1v) is 6.90. The van der Waals surface area contributed by atoms with Crippen LogP contribution in [0.25, 0.3) is 0 Å². The Morgan fingerprint density at radius 2 is 2.06 bits per heavy atom. The molecule has 3 nitrogen and oxygen atoms in total. The second-order valence-electron chi connectivity index (χ2n) is 5.91.